The maximum Gasteiger partial charge on any atom is 0.178 e. The lowest BCUT2D eigenvalue weighted by Gasteiger charge is -2.26. The minimum absolute atomic E-state index is 0.267. The standard InChI is InChI=1S/C9H10O3/c1-9(2)3-7(11)6(5-10)8(12)4-9/h3-4H2,1-2H3. The van der Waals surface area contributed by atoms with Gasteiger partial charge in [-0.3, -0.25) is 9.59 Å². The minimum Gasteiger partial charge on any atom is -0.293 e. The summed E-state index contributed by atoms with van der Waals surface area (Å²) >= 11 is 0. The molecule has 1 saturated carbocycles. The fourth-order valence-corrected chi connectivity index (χ4v) is 1.38. The predicted molar refractivity (Wildman–Crippen MR) is 42.2 cm³/mol. The van der Waals surface area contributed by atoms with Gasteiger partial charge in [0.2, 0.25) is 0 Å². The summed E-state index contributed by atoms with van der Waals surface area (Å²) in [6, 6.07) is 0. The molecule has 0 saturated heterocycles. The topological polar surface area (TPSA) is 51.2 Å². The van der Waals surface area contributed by atoms with Gasteiger partial charge in [-0.1, -0.05) is 13.8 Å². The second kappa shape index (κ2) is 2.68. The van der Waals surface area contributed by atoms with Gasteiger partial charge in [0, 0.05) is 12.8 Å². The van der Waals surface area contributed by atoms with Crippen LogP contribution in [0.15, 0.2) is 5.57 Å². The molecule has 0 bridgehead atoms. The maximum absolute atomic E-state index is 11.1. The average Bonchev–Trinajstić information content (AvgIpc) is 1.82. The van der Waals surface area contributed by atoms with Gasteiger partial charge in [0.05, 0.1) is 0 Å². The van der Waals surface area contributed by atoms with E-state index in [0.29, 0.717) is 0 Å². The van der Waals surface area contributed by atoms with Crippen molar-refractivity contribution in [1.82, 2.24) is 0 Å². The number of ketones is 2. The van der Waals surface area contributed by atoms with E-state index >= 15 is 0 Å². The second-order valence-electron chi connectivity index (χ2n) is 3.84. The molecule has 1 aliphatic rings. The Kier molecular flexibility index (Phi) is 1.99. The second-order valence-corrected chi connectivity index (χ2v) is 3.84. The zero-order valence-corrected chi connectivity index (χ0v) is 7.14. The number of Topliss-reactive ketones (excluding diaryl/α,β-unsaturated/α-hetero) is 2. The van der Waals surface area contributed by atoms with E-state index < -0.39 is 0 Å². The number of carbonyl (C=O) groups is 2. The molecule has 0 heterocycles. The summed E-state index contributed by atoms with van der Waals surface area (Å²) in [4.78, 5) is 32.5. The SMILES string of the molecule is CC1(C)CC(=O)C(=C=O)C(=O)C1. The molecule has 0 N–H and O–H groups in total. The van der Waals surface area contributed by atoms with Gasteiger partial charge in [0.25, 0.3) is 0 Å². The van der Waals surface area contributed by atoms with Crippen LogP contribution in [-0.4, -0.2) is 17.5 Å². The summed E-state index contributed by atoms with van der Waals surface area (Å²) < 4.78 is 0. The van der Waals surface area contributed by atoms with Crippen molar-refractivity contribution in [3.8, 4) is 0 Å². The first-order valence-corrected chi connectivity index (χ1v) is 3.78. The molecule has 64 valence electrons. The van der Waals surface area contributed by atoms with Crippen LogP contribution >= 0.6 is 0 Å². The molecular weight excluding hydrogens is 156 g/mol. The van der Waals surface area contributed by atoms with E-state index in [4.69, 9.17) is 0 Å². The van der Waals surface area contributed by atoms with Gasteiger partial charge in [-0.15, -0.1) is 0 Å². The Morgan fingerprint density at radius 2 is 1.58 bits per heavy atom. The first-order valence-electron chi connectivity index (χ1n) is 3.78. The Morgan fingerprint density at radius 3 is 1.92 bits per heavy atom. The van der Waals surface area contributed by atoms with Crippen LogP contribution in [0.2, 0.25) is 0 Å². The highest BCUT2D eigenvalue weighted by atomic mass is 16.2. The molecule has 3 heteroatoms. The Bertz CT molecular complexity index is 271. The average molecular weight is 166 g/mol. The molecule has 0 amide bonds. The van der Waals surface area contributed by atoms with E-state index in [1.54, 1.807) is 0 Å². The Morgan fingerprint density at radius 1 is 1.17 bits per heavy atom. The molecule has 0 spiro atoms. The fraction of sp³-hybridized carbons (Fsp3) is 0.556. The van der Waals surface area contributed by atoms with Gasteiger partial charge in [-0.25, -0.2) is 4.79 Å². The van der Waals surface area contributed by atoms with Crippen LogP contribution in [-0.2, 0) is 14.4 Å². The van der Waals surface area contributed by atoms with Crippen molar-refractivity contribution in [3.63, 3.8) is 0 Å². The van der Waals surface area contributed by atoms with Gasteiger partial charge in [-0.05, 0) is 5.41 Å². The number of hydrogen-bond donors (Lipinski definition) is 0. The molecule has 1 rings (SSSR count). The van der Waals surface area contributed by atoms with Crippen LogP contribution in [0.25, 0.3) is 0 Å². The van der Waals surface area contributed by atoms with E-state index in [-0.39, 0.29) is 35.4 Å². The molecule has 1 fully saturated rings. The summed E-state index contributed by atoms with van der Waals surface area (Å²) in [6.07, 6.45) is 0.534. The molecule has 3 nitrogen and oxygen atoms in total. The third-order valence-electron chi connectivity index (χ3n) is 1.94. The van der Waals surface area contributed by atoms with Gasteiger partial charge >= 0.3 is 0 Å². The summed E-state index contributed by atoms with van der Waals surface area (Å²) in [6.45, 7) is 3.68. The van der Waals surface area contributed by atoms with Crippen LogP contribution in [0, 0.1) is 5.41 Å². The van der Waals surface area contributed by atoms with Gasteiger partial charge in [0.15, 0.2) is 11.6 Å². The molecule has 0 aliphatic heterocycles. The lowest BCUT2D eigenvalue weighted by atomic mass is 9.74. The molecule has 0 radical (unpaired) electrons. The van der Waals surface area contributed by atoms with E-state index in [9.17, 15) is 14.4 Å². The van der Waals surface area contributed by atoms with E-state index in [1.165, 1.54) is 5.94 Å². The molecule has 1 aliphatic carbocycles. The molecule has 0 aromatic rings. The number of rotatable bonds is 0. The Balaban J connectivity index is 3.00. The van der Waals surface area contributed by atoms with Crippen molar-refractivity contribution in [3.05, 3.63) is 5.57 Å². The molecule has 12 heavy (non-hydrogen) atoms. The molecule has 0 aromatic carbocycles. The van der Waals surface area contributed by atoms with E-state index in [2.05, 4.69) is 0 Å². The van der Waals surface area contributed by atoms with Crippen LogP contribution in [0.1, 0.15) is 26.7 Å². The van der Waals surface area contributed by atoms with Gasteiger partial charge < -0.3 is 0 Å². The molecule has 0 unspecified atom stereocenters. The lowest BCUT2D eigenvalue weighted by molar-refractivity contribution is -0.127. The first kappa shape index (κ1) is 8.88. The quantitative estimate of drug-likeness (QED) is 0.302. The predicted octanol–water partition coefficient (Wildman–Crippen LogP) is 0.703. The highest BCUT2D eigenvalue weighted by Crippen LogP contribution is 2.32. The summed E-state index contributed by atoms with van der Waals surface area (Å²) in [5, 5.41) is 0. The Hall–Kier alpha value is -1.21. The van der Waals surface area contributed by atoms with Crippen molar-refractivity contribution in [2.45, 2.75) is 26.7 Å². The van der Waals surface area contributed by atoms with Gasteiger partial charge in [0.1, 0.15) is 11.5 Å². The zero-order chi connectivity index (χ0) is 9.35. The van der Waals surface area contributed by atoms with Crippen LogP contribution in [0.3, 0.4) is 0 Å². The van der Waals surface area contributed by atoms with Crippen LogP contribution in [0.4, 0.5) is 0 Å². The monoisotopic (exact) mass is 166 g/mol. The van der Waals surface area contributed by atoms with Crippen molar-refractivity contribution in [2.75, 3.05) is 0 Å². The van der Waals surface area contributed by atoms with Crippen molar-refractivity contribution >= 4 is 17.5 Å². The largest absolute Gasteiger partial charge is 0.293 e. The third kappa shape index (κ3) is 1.51. The van der Waals surface area contributed by atoms with Crippen molar-refractivity contribution in [1.29, 1.82) is 0 Å². The van der Waals surface area contributed by atoms with Crippen molar-refractivity contribution < 1.29 is 14.4 Å². The molecule has 0 atom stereocenters. The van der Waals surface area contributed by atoms with Crippen LogP contribution in [0.5, 0.6) is 0 Å². The van der Waals surface area contributed by atoms with E-state index in [1.807, 2.05) is 13.8 Å². The van der Waals surface area contributed by atoms with Crippen LogP contribution < -0.4 is 0 Å². The molecular formula is C9H10O3. The number of carbonyl (C=O) groups excluding carboxylic acids is 3. The maximum atomic E-state index is 11.1. The fourth-order valence-electron chi connectivity index (χ4n) is 1.38. The smallest absolute Gasteiger partial charge is 0.178 e. The summed E-state index contributed by atoms with van der Waals surface area (Å²) in [5.41, 5.74) is -0.580. The highest BCUT2D eigenvalue weighted by Gasteiger charge is 2.36. The highest BCUT2D eigenvalue weighted by molar-refractivity contribution is 6.27. The molecule has 0 aromatic heterocycles. The summed E-state index contributed by atoms with van der Waals surface area (Å²) in [7, 11) is 0. The number of hydrogen-bond acceptors (Lipinski definition) is 3. The third-order valence-corrected chi connectivity index (χ3v) is 1.94. The minimum atomic E-state index is -0.369. The number of allylic oxidation sites excluding steroid dienone is 1. The van der Waals surface area contributed by atoms with E-state index in [0.717, 1.165) is 0 Å². The van der Waals surface area contributed by atoms with Crippen molar-refractivity contribution in [2.24, 2.45) is 5.41 Å². The zero-order valence-electron chi connectivity index (χ0n) is 7.14. The Labute approximate surface area is 70.4 Å². The first-order chi connectivity index (χ1) is 5.46. The lowest BCUT2D eigenvalue weighted by Crippen LogP contribution is -2.31. The summed E-state index contributed by atoms with van der Waals surface area (Å²) in [5.74, 6) is 0.670. The van der Waals surface area contributed by atoms with Gasteiger partial charge in [-0.2, -0.15) is 0 Å². The normalized spacial score (nSPS) is 22.3.